The van der Waals surface area contributed by atoms with E-state index >= 15 is 0 Å². The Labute approximate surface area is 131 Å². The lowest BCUT2D eigenvalue weighted by Crippen LogP contribution is -2.56. The van der Waals surface area contributed by atoms with E-state index in [1.165, 1.54) is 6.20 Å². The molecule has 114 valence electrons. The van der Waals surface area contributed by atoms with Crippen LogP contribution in [-0.2, 0) is 4.79 Å². The first kappa shape index (κ1) is 14.8. The summed E-state index contributed by atoms with van der Waals surface area (Å²) >= 11 is 1.70. The Bertz CT molecular complexity index is 729. The Morgan fingerprint density at radius 2 is 1.86 bits per heavy atom. The molecule has 1 aliphatic heterocycles. The van der Waals surface area contributed by atoms with Crippen LogP contribution in [-0.4, -0.2) is 44.0 Å². The van der Waals surface area contributed by atoms with Crippen LogP contribution < -0.4 is 5.32 Å². The van der Waals surface area contributed by atoms with Gasteiger partial charge in [0, 0.05) is 0 Å². The summed E-state index contributed by atoms with van der Waals surface area (Å²) < 4.78 is 0. The van der Waals surface area contributed by atoms with Crippen LogP contribution in [0.5, 0.6) is 0 Å². The fourth-order valence-corrected chi connectivity index (χ4v) is 3.65. The third-order valence-electron chi connectivity index (χ3n) is 3.79. The number of nitrogens with one attached hydrogen (secondary N) is 1. The van der Waals surface area contributed by atoms with E-state index in [2.05, 4.69) is 15.3 Å². The number of rotatable bonds is 3. The molecule has 0 spiro atoms. The molecule has 2 heterocycles. The average molecular weight is 317 g/mol. The fourth-order valence-electron chi connectivity index (χ4n) is 2.46. The third-order valence-corrected chi connectivity index (χ3v) is 4.78. The molecular formula is C15H15N3O3S. The standard InChI is InChI=1S/C15H15N3O3S/c19-13(18-15(14(20)21)5-7-22-8-6-15)12-9-16-10-3-1-2-4-11(10)17-12/h1-4,9H,5-8H2,(H,18,19)(H,20,21). The lowest BCUT2D eigenvalue weighted by molar-refractivity contribution is -0.144. The third kappa shape index (κ3) is 2.76. The summed E-state index contributed by atoms with van der Waals surface area (Å²) in [5.74, 6) is -0.0474. The van der Waals surface area contributed by atoms with Gasteiger partial charge in [0.15, 0.2) is 0 Å². The summed E-state index contributed by atoms with van der Waals surface area (Å²) in [6.45, 7) is 0. The highest BCUT2D eigenvalue weighted by Gasteiger charge is 2.41. The Kier molecular flexibility index (Phi) is 3.98. The number of hydrogen-bond acceptors (Lipinski definition) is 5. The van der Waals surface area contributed by atoms with E-state index in [9.17, 15) is 14.7 Å². The van der Waals surface area contributed by atoms with Crippen molar-refractivity contribution in [2.24, 2.45) is 0 Å². The van der Waals surface area contributed by atoms with Gasteiger partial charge in [0.2, 0.25) is 0 Å². The highest BCUT2D eigenvalue weighted by Crippen LogP contribution is 2.27. The van der Waals surface area contributed by atoms with Crippen molar-refractivity contribution in [2.75, 3.05) is 11.5 Å². The molecule has 3 rings (SSSR count). The molecule has 0 atom stereocenters. The predicted octanol–water partition coefficient (Wildman–Crippen LogP) is 1.71. The molecule has 1 aromatic carbocycles. The number of para-hydroxylation sites is 2. The molecule has 1 fully saturated rings. The molecule has 1 amide bonds. The second-order valence-corrected chi connectivity index (χ2v) is 6.42. The number of benzene rings is 1. The van der Waals surface area contributed by atoms with Crippen molar-refractivity contribution in [2.45, 2.75) is 18.4 Å². The molecule has 0 unspecified atom stereocenters. The number of hydrogen-bond donors (Lipinski definition) is 2. The summed E-state index contributed by atoms with van der Waals surface area (Å²) in [5.41, 5.74) is 0.243. The van der Waals surface area contributed by atoms with Crippen molar-refractivity contribution in [1.29, 1.82) is 0 Å². The van der Waals surface area contributed by atoms with Crippen LogP contribution in [0.15, 0.2) is 30.5 Å². The highest BCUT2D eigenvalue weighted by molar-refractivity contribution is 7.99. The molecule has 2 aromatic rings. The van der Waals surface area contributed by atoms with Crippen LogP contribution in [0.25, 0.3) is 11.0 Å². The number of carbonyl (C=O) groups excluding carboxylic acids is 1. The van der Waals surface area contributed by atoms with Crippen LogP contribution in [0.4, 0.5) is 0 Å². The molecule has 1 saturated heterocycles. The molecule has 7 heteroatoms. The molecule has 0 bridgehead atoms. The van der Waals surface area contributed by atoms with Crippen LogP contribution in [0.2, 0.25) is 0 Å². The van der Waals surface area contributed by atoms with E-state index in [1.54, 1.807) is 23.9 Å². The van der Waals surface area contributed by atoms with Crippen LogP contribution in [0.3, 0.4) is 0 Å². The molecular weight excluding hydrogens is 302 g/mol. The van der Waals surface area contributed by atoms with Gasteiger partial charge >= 0.3 is 5.97 Å². The Hall–Kier alpha value is -2.15. The minimum absolute atomic E-state index is 0.137. The summed E-state index contributed by atoms with van der Waals surface area (Å²) in [5, 5.41) is 12.2. The van der Waals surface area contributed by atoms with E-state index < -0.39 is 17.4 Å². The molecule has 0 radical (unpaired) electrons. The summed E-state index contributed by atoms with van der Waals surface area (Å²) in [6.07, 6.45) is 2.21. The quantitative estimate of drug-likeness (QED) is 0.895. The lowest BCUT2D eigenvalue weighted by atomic mass is 9.92. The van der Waals surface area contributed by atoms with E-state index in [0.717, 1.165) is 11.5 Å². The van der Waals surface area contributed by atoms with Gasteiger partial charge in [-0.3, -0.25) is 9.78 Å². The highest BCUT2D eigenvalue weighted by atomic mass is 32.2. The molecule has 2 N–H and O–H groups in total. The molecule has 0 aliphatic carbocycles. The first-order valence-corrected chi connectivity index (χ1v) is 8.12. The maximum atomic E-state index is 12.4. The number of nitrogens with zero attached hydrogens (tertiary/aromatic N) is 2. The van der Waals surface area contributed by atoms with Crippen molar-refractivity contribution < 1.29 is 14.7 Å². The Morgan fingerprint density at radius 1 is 1.18 bits per heavy atom. The minimum atomic E-state index is -1.20. The number of carboxylic acid groups (broad SMARTS) is 1. The van der Waals surface area contributed by atoms with Crippen molar-refractivity contribution >= 4 is 34.7 Å². The number of thioether (sulfide) groups is 1. The SMILES string of the molecule is O=C(NC1(C(=O)O)CCSCC1)c1cnc2ccccc2n1. The van der Waals surface area contributed by atoms with Gasteiger partial charge in [-0.1, -0.05) is 12.1 Å². The molecule has 22 heavy (non-hydrogen) atoms. The van der Waals surface area contributed by atoms with E-state index in [1.807, 2.05) is 12.1 Å². The smallest absolute Gasteiger partial charge is 0.329 e. The van der Waals surface area contributed by atoms with Gasteiger partial charge in [-0.2, -0.15) is 11.8 Å². The topological polar surface area (TPSA) is 92.2 Å². The zero-order valence-corrected chi connectivity index (χ0v) is 12.6. The number of carbonyl (C=O) groups is 2. The Morgan fingerprint density at radius 3 is 2.55 bits per heavy atom. The van der Waals surface area contributed by atoms with E-state index in [0.29, 0.717) is 23.9 Å². The van der Waals surface area contributed by atoms with Gasteiger partial charge in [-0.05, 0) is 36.5 Å². The zero-order chi connectivity index (χ0) is 15.6. The zero-order valence-electron chi connectivity index (χ0n) is 11.8. The average Bonchev–Trinajstić information content (AvgIpc) is 2.55. The van der Waals surface area contributed by atoms with Crippen LogP contribution in [0.1, 0.15) is 23.3 Å². The molecule has 1 aromatic heterocycles. The van der Waals surface area contributed by atoms with Gasteiger partial charge in [-0.15, -0.1) is 0 Å². The van der Waals surface area contributed by atoms with Gasteiger partial charge < -0.3 is 10.4 Å². The number of carboxylic acids is 1. The first-order valence-electron chi connectivity index (χ1n) is 6.96. The summed E-state index contributed by atoms with van der Waals surface area (Å²) in [4.78, 5) is 32.4. The van der Waals surface area contributed by atoms with Crippen LogP contribution >= 0.6 is 11.8 Å². The summed E-state index contributed by atoms with van der Waals surface area (Å²) in [6, 6.07) is 7.23. The maximum absolute atomic E-state index is 12.4. The van der Waals surface area contributed by atoms with Crippen LogP contribution in [0, 0.1) is 0 Å². The normalized spacial score (nSPS) is 17.1. The van der Waals surface area contributed by atoms with Gasteiger partial charge in [0.1, 0.15) is 11.2 Å². The van der Waals surface area contributed by atoms with Crippen molar-refractivity contribution in [3.8, 4) is 0 Å². The van der Waals surface area contributed by atoms with Gasteiger partial charge in [0.25, 0.3) is 5.91 Å². The molecule has 6 nitrogen and oxygen atoms in total. The number of aliphatic carboxylic acids is 1. The van der Waals surface area contributed by atoms with Crippen molar-refractivity contribution in [3.05, 3.63) is 36.2 Å². The summed E-state index contributed by atoms with van der Waals surface area (Å²) in [7, 11) is 0. The lowest BCUT2D eigenvalue weighted by Gasteiger charge is -2.33. The molecule has 1 aliphatic rings. The number of amides is 1. The largest absolute Gasteiger partial charge is 0.480 e. The number of aromatic nitrogens is 2. The monoisotopic (exact) mass is 317 g/mol. The van der Waals surface area contributed by atoms with E-state index in [-0.39, 0.29) is 5.69 Å². The Balaban J connectivity index is 1.86. The fraction of sp³-hybridized carbons (Fsp3) is 0.333. The second-order valence-electron chi connectivity index (χ2n) is 5.20. The predicted molar refractivity (Wildman–Crippen MR) is 83.9 cm³/mol. The van der Waals surface area contributed by atoms with Gasteiger partial charge in [0.05, 0.1) is 17.2 Å². The van der Waals surface area contributed by atoms with Crippen molar-refractivity contribution in [1.82, 2.24) is 15.3 Å². The molecule has 0 saturated carbocycles. The second kappa shape index (κ2) is 5.92. The minimum Gasteiger partial charge on any atom is -0.480 e. The van der Waals surface area contributed by atoms with E-state index in [4.69, 9.17) is 0 Å². The maximum Gasteiger partial charge on any atom is 0.329 e. The number of fused-ring (bicyclic) bond motifs is 1. The first-order chi connectivity index (χ1) is 10.6. The van der Waals surface area contributed by atoms with Gasteiger partial charge in [-0.25, -0.2) is 9.78 Å². The van der Waals surface area contributed by atoms with Crippen molar-refractivity contribution in [3.63, 3.8) is 0 Å².